The van der Waals surface area contributed by atoms with Gasteiger partial charge in [0.2, 0.25) is 0 Å². The number of carbonyl (C=O) groups is 3. The van der Waals surface area contributed by atoms with Crippen LogP contribution < -0.4 is 0 Å². The van der Waals surface area contributed by atoms with Crippen LogP contribution in [-0.4, -0.2) is 74.8 Å². The summed E-state index contributed by atoms with van der Waals surface area (Å²) in [4.78, 5) is 33.0. The van der Waals surface area contributed by atoms with E-state index in [1.54, 1.807) is 0 Å². The number of carbonyl (C=O) groups excluding carboxylic acids is 2. The first kappa shape index (κ1) is 25.4. The highest BCUT2D eigenvalue weighted by atomic mass is 16.6. The number of unbranched alkanes of at least 4 members (excludes halogenated alkanes) is 7. The molecule has 4 atom stereocenters. The first-order valence-corrected chi connectivity index (χ1v) is 9.35. The molecule has 0 aromatic carbocycles. The topological polar surface area (TPSA) is 162 Å². The number of ether oxygens (including phenoxy) is 1. The predicted octanol–water partition coefficient (Wildman–Crippen LogP) is 0.158. The first-order valence-electron chi connectivity index (χ1n) is 9.35. The third-order valence-corrected chi connectivity index (χ3v) is 4.19. The van der Waals surface area contributed by atoms with Crippen LogP contribution in [0.5, 0.6) is 0 Å². The fraction of sp³-hybridized carbons (Fsp3) is 0.833. The second kappa shape index (κ2) is 15.5. The van der Waals surface area contributed by atoms with Crippen LogP contribution in [0.25, 0.3) is 0 Å². The minimum absolute atomic E-state index is 0.0638. The molecule has 0 saturated carbocycles. The summed E-state index contributed by atoms with van der Waals surface area (Å²) in [5, 5.41) is 45.8. The van der Waals surface area contributed by atoms with E-state index in [9.17, 15) is 29.7 Å². The third-order valence-electron chi connectivity index (χ3n) is 4.19. The molecule has 5 N–H and O–H groups in total. The van der Waals surface area contributed by atoms with Crippen LogP contribution in [-0.2, 0) is 19.1 Å². The van der Waals surface area contributed by atoms with Gasteiger partial charge >= 0.3 is 11.9 Å². The number of hydrogen-bond acceptors (Lipinski definition) is 8. The molecular formula is C18H32O9. The van der Waals surface area contributed by atoms with Gasteiger partial charge in [-0.25, -0.2) is 0 Å². The van der Waals surface area contributed by atoms with Crippen molar-refractivity contribution in [3.8, 4) is 0 Å². The molecule has 0 aliphatic heterocycles. The summed E-state index contributed by atoms with van der Waals surface area (Å²) in [5.74, 6) is -1.46. The fourth-order valence-electron chi connectivity index (χ4n) is 2.52. The van der Waals surface area contributed by atoms with Crippen molar-refractivity contribution in [3.05, 3.63) is 0 Å². The standard InChI is InChI=1S/C18H32O9/c19-11-13(21)17(25)18(26)14(12-20)27-16(24)10-8-6-4-2-1-3-5-7-9-15(22)23/h12-14,17-19,21,25-26H,1-11H2,(H,22,23)/t13-,14+,17-,18-/m1/s1. The van der Waals surface area contributed by atoms with Crippen LogP contribution in [0, 0.1) is 0 Å². The van der Waals surface area contributed by atoms with E-state index in [4.69, 9.17) is 14.9 Å². The molecule has 0 heterocycles. The molecule has 0 unspecified atom stereocenters. The number of aldehydes is 1. The highest BCUT2D eigenvalue weighted by Crippen LogP contribution is 2.12. The van der Waals surface area contributed by atoms with Crippen molar-refractivity contribution >= 4 is 18.2 Å². The molecule has 0 spiro atoms. The SMILES string of the molecule is O=C[C@H](OC(=O)CCCCCCCCCCC(=O)O)[C@@H](O)[C@H](O)[C@H](O)CO. The zero-order valence-corrected chi connectivity index (χ0v) is 15.5. The van der Waals surface area contributed by atoms with E-state index < -0.39 is 43.0 Å². The van der Waals surface area contributed by atoms with Crippen molar-refractivity contribution in [2.45, 2.75) is 88.6 Å². The lowest BCUT2D eigenvalue weighted by molar-refractivity contribution is -0.168. The number of aliphatic hydroxyl groups is 4. The lowest BCUT2D eigenvalue weighted by atomic mass is 10.0. The Labute approximate surface area is 159 Å². The molecule has 0 aromatic heterocycles. The highest BCUT2D eigenvalue weighted by molar-refractivity contribution is 5.72. The zero-order chi connectivity index (χ0) is 20.7. The van der Waals surface area contributed by atoms with Crippen LogP contribution in [0.1, 0.15) is 64.2 Å². The third kappa shape index (κ3) is 12.5. The number of hydrogen-bond donors (Lipinski definition) is 5. The maximum absolute atomic E-state index is 11.7. The first-order chi connectivity index (χ1) is 12.8. The highest BCUT2D eigenvalue weighted by Gasteiger charge is 2.33. The number of esters is 1. The van der Waals surface area contributed by atoms with Crippen LogP contribution in [0.15, 0.2) is 0 Å². The van der Waals surface area contributed by atoms with Crippen molar-refractivity contribution < 1.29 is 44.7 Å². The van der Waals surface area contributed by atoms with Crippen molar-refractivity contribution in [1.82, 2.24) is 0 Å². The minimum atomic E-state index is -1.82. The molecule has 9 heteroatoms. The summed E-state index contributed by atoms with van der Waals surface area (Å²) >= 11 is 0. The van der Waals surface area contributed by atoms with Crippen molar-refractivity contribution in [2.24, 2.45) is 0 Å². The minimum Gasteiger partial charge on any atom is -0.481 e. The lowest BCUT2D eigenvalue weighted by Crippen LogP contribution is -2.48. The predicted molar refractivity (Wildman–Crippen MR) is 94.9 cm³/mol. The monoisotopic (exact) mass is 392 g/mol. The Bertz CT molecular complexity index is 427. The second-order valence-corrected chi connectivity index (χ2v) is 6.54. The molecule has 0 aromatic rings. The normalized spacial score (nSPS) is 15.6. The van der Waals surface area contributed by atoms with Gasteiger partial charge in [0.25, 0.3) is 0 Å². The van der Waals surface area contributed by atoms with Crippen LogP contribution in [0.4, 0.5) is 0 Å². The van der Waals surface area contributed by atoms with Gasteiger partial charge in [-0.05, 0) is 12.8 Å². The van der Waals surface area contributed by atoms with Crippen molar-refractivity contribution in [2.75, 3.05) is 6.61 Å². The summed E-state index contributed by atoms with van der Waals surface area (Å²) in [6.07, 6.45) is 0.378. The van der Waals surface area contributed by atoms with Gasteiger partial charge in [0.15, 0.2) is 12.4 Å². The molecule has 0 radical (unpaired) electrons. The van der Waals surface area contributed by atoms with E-state index in [1.807, 2.05) is 0 Å². The Morgan fingerprint density at radius 1 is 0.815 bits per heavy atom. The molecule has 0 rings (SSSR count). The zero-order valence-electron chi connectivity index (χ0n) is 15.5. The molecule has 0 saturated heterocycles. The van der Waals surface area contributed by atoms with E-state index in [2.05, 4.69) is 0 Å². The van der Waals surface area contributed by atoms with Crippen LogP contribution in [0.3, 0.4) is 0 Å². The summed E-state index contributed by atoms with van der Waals surface area (Å²) in [5.41, 5.74) is 0. The van der Waals surface area contributed by atoms with E-state index in [0.29, 0.717) is 12.8 Å². The molecule has 0 bridgehead atoms. The molecule has 9 nitrogen and oxygen atoms in total. The maximum Gasteiger partial charge on any atom is 0.306 e. The van der Waals surface area contributed by atoms with Gasteiger partial charge < -0.3 is 30.3 Å². The van der Waals surface area contributed by atoms with E-state index >= 15 is 0 Å². The summed E-state index contributed by atoms with van der Waals surface area (Å²) < 4.78 is 4.81. The molecule has 0 fully saturated rings. The van der Waals surface area contributed by atoms with Crippen LogP contribution >= 0.6 is 0 Å². The average Bonchev–Trinajstić information content (AvgIpc) is 2.65. The van der Waals surface area contributed by atoms with Gasteiger partial charge in [-0.2, -0.15) is 0 Å². The number of carboxylic acid groups (broad SMARTS) is 1. The quantitative estimate of drug-likeness (QED) is 0.132. The molecule has 0 aliphatic rings. The largest absolute Gasteiger partial charge is 0.481 e. The Morgan fingerprint density at radius 3 is 1.74 bits per heavy atom. The molecule has 0 aliphatic carbocycles. The van der Waals surface area contributed by atoms with Gasteiger partial charge in [-0.1, -0.05) is 38.5 Å². The Kier molecular flexibility index (Phi) is 14.6. The summed E-state index contributed by atoms with van der Waals surface area (Å²) in [7, 11) is 0. The van der Waals surface area contributed by atoms with Gasteiger partial charge in [0, 0.05) is 12.8 Å². The number of aliphatic carboxylic acids is 1. The molecule has 158 valence electrons. The van der Waals surface area contributed by atoms with Gasteiger partial charge in [-0.15, -0.1) is 0 Å². The molecule has 0 amide bonds. The lowest BCUT2D eigenvalue weighted by Gasteiger charge is -2.25. The van der Waals surface area contributed by atoms with E-state index in [0.717, 1.165) is 38.5 Å². The van der Waals surface area contributed by atoms with Crippen molar-refractivity contribution in [1.29, 1.82) is 0 Å². The van der Waals surface area contributed by atoms with Gasteiger partial charge in [-0.3, -0.25) is 14.4 Å². The fourth-order valence-corrected chi connectivity index (χ4v) is 2.52. The summed E-state index contributed by atoms with van der Waals surface area (Å²) in [6, 6.07) is 0. The smallest absolute Gasteiger partial charge is 0.306 e. The van der Waals surface area contributed by atoms with Crippen molar-refractivity contribution in [3.63, 3.8) is 0 Å². The maximum atomic E-state index is 11.7. The Morgan fingerprint density at radius 2 is 1.30 bits per heavy atom. The average molecular weight is 392 g/mol. The Balaban J connectivity index is 3.83. The van der Waals surface area contributed by atoms with Crippen LogP contribution in [0.2, 0.25) is 0 Å². The van der Waals surface area contributed by atoms with E-state index in [-0.39, 0.29) is 19.1 Å². The second-order valence-electron chi connectivity index (χ2n) is 6.54. The van der Waals surface area contributed by atoms with E-state index in [1.165, 1.54) is 0 Å². The van der Waals surface area contributed by atoms with Gasteiger partial charge in [0.05, 0.1) is 6.61 Å². The number of carboxylic acids is 1. The molecular weight excluding hydrogens is 360 g/mol. The number of rotatable bonds is 17. The molecule has 27 heavy (non-hydrogen) atoms. The van der Waals surface area contributed by atoms with Gasteiger partial charge in [0.1, 0.15) is 18.3 Å². The number of aliphatic hydroxyl groups excluding tert-OH is 4. The Hall–Kier alpha value is -1.55. The summed E-state index contributed by atoms with van der Waals surface area (Å²) in [6.45, 7) is -0.808.